The molecule has 546 valence electrons. The van der Waals surface area contributed by atoms with Crippen molar-refractivity contribution in [3.05, 3.63) is 432 Å². The Morgan fingerprint density at radius 3 is 1.25 bits per heavy atom. The summed E-state index contributed by atoms with van der Waals surface area (Å²) in [5.41, 5.74) is 21.2. The van der Waals surface area contributed by atoms with Crippen LogP contribution in [0.4, 0.5) is 17.1 Å². The van der Waals surface area contributed by atoms with E-state index in [0.717, 1.165) is 138 Å². The fourth-order valence-corrected chi connectivity index (χ4v) is 22.2. The van der Waals surface area contributed by atoms with Crippen molar-refractivity contribution in [1.29, 1.82) is 0 Å². The number of hydrogen-bond acceptors (Lipinski definition) is 5. The molecule has 0 saturated carbocycles. The molecule has 0 saturated heterocycles. The lowest BCUT2D eigenvalue weighted by Gasteiger charge is -2.42. The van der Waals surface area contributed by atoms with Crippen LogP contribution in [0.5, 0.6) is 23.0 Å². The van der Waals surface area contributed by atoms with Crippen LogP contribution in [-0.2, 0) is 10.8 Å². The number of aromatic nitrogens is 2. The van der Waals surface area contributed by atoms with Crippen molar-refractivity contribution >= 4 is 117 Å². The van der Waals surface area contributed by atoms with Crippen LogP contribution in [0.15, 0.2) is 402 Å². The zero-order valence-electron chi connectivity index (χ0n) is 78.3. The summed E-state index contributed by atoms with van der Waals surface area (Å²) in [5, 5.41) is 1.43. The topological polar surface area (TPSA) is 44.7 Å². The van der Waals surface area contributed by atoms with Crippen LogP contribution in [-0.4, -0.2) is 15.8 Å². The lowest BCUT2D eigenvalue weighted by molar-refractivity contribution is 0.436. The van der Waals surface area contributed by atoms with Crippen molar-refractivity contribution in [2.45, 2.75) is 20.6 Å². The Morgan fingerprint density at radius 2 is 0.720 bits per heavy atom. The maximum atomic E-state index is 10.1. The number of hydrogen-bond donors (Lipinski definition) is 0. The van der Waals surface area contributed by atoms with Gasteiger partial charge in [0.25, 0.3) is 0 Å². The molecule has 18 aromatic carbocycles. The Hall–Kier alpha value is -14.8. The lowest BCUT2D eigenvalue weighted by Crippen LogP contribution is -2.60. The van der Waals surface area contributed by atoms with Gasteiger partial charge in [0.1, 0.15) is 34.2 Å². The summed E-state index contributed by atoms with van der Waals surface area (Å²) in [6, 6.07) is 92.3. The summed E-state index contributed by atoms with van der Waals surface area (Å²) < 4.78 is 176. The van der Waals surface area contributed by atoms with E-state index in [-0.39, 0.29) is 49.3 Å². The van der Waals surface area contributed by atoms with Gasteiger partial charge in [-0.3, -0.25) is 0 Å². The van der Waals surface area contributed by atoms with E-state index < -0.39 is 114 Å². The highest BCUT2D eigenvalue weighted by Gasteiger charge is 2.54. The van der Waals surface area contributed by atoms with Crippen molar-refractivity contribution in [2.24, 2.45) is 0 Å². The zero-order valence-corrected chi connectivity index (χ0v) is 63.1. The third kappa shape index (κ3) is 8.52. The molecule has 6 aliphatic rings. The summed E-state index contributed by atoms with van der Waals surface area (Å²) in [7, 11) is 0. The Bertz CT molecular complexity index is 8640. The molecule has 7 heterocycles. The second-order valence-corrected chi connectivity index (χ2v) is 32.2. The first kappa shape index (κ1) is 51.1. The first-order valence-corrected chi connectivity index (χ1v) is 40.2. The van der Waals surface area contributed by atoms with Crippen LogP contribution >= 0.6 is 11.8 Å². The smallest absolute Gasteiger partial charge is 0.249 e. The third-order valence-corrected chi connectivity index (χ3v) is 26.7. The van der Waals surface area contributed by atoms with E-state index in [9.17, 15) is 19.2 Å². The molecular formula is C110H64BN3O3S. The second kappa shape index (κ2) is 23.9. The second-order valence-electron chi connectivity index (χ2n) is 31.1. The van der Waals surface area contributed by atoms with Crippen LogP contribution in [0.25, 0.3) is 133 Å². The molecule has 8 heteroatoms. The molecule has 0 radical (unpaired) electrons. The standard InChI is InChI=1S/C110H64BN3O3S/c1-10-35-83-73(24-1)74-25-2-11-36-84(74)109(83)87-39-14-21-46-101(87)116-103-56-49-66(59-89(103)109)71-33-23-34-72(67-50-57-104-90(60-67)110(88-40-15-22-47-102(88)117-104)85-37-12-3-26-75(85)76-27-4-13-38-86(76)110)108(71)114-97-63-69(112-93-41-16-5-28-77(93)78-29-6-17-42-94(78)112)51-53-91(97)111-92-54-52-70(113-95-43-18-7-30-79(95)80-31-8-19-44-96(80)113)64-105(92)118-106-62-68(61-98(114)107(106)111)65-48-55-100-82(58-65)81-32-9-20-45-99(81)115-100/h1-64H/i5D,6D,7D,8D,16D,17D,18D,19D,28D,29D,30D,31D,41D,42D,43D,44D. The van der Waals surface area contributed by atoms with Crippen molar-refractivity contribution in [3.8, 4) is 90.0 Å². The van der Waals surface area contributed by atoms with Gasteiger partial charge in [0, 0.05) is 98.2 Å². The van der Waals surface area contributed by atoms with E-state index in [1.807, 2.05) is 91.0 Å². The summed E-state index contributed by atoms with van der Waals surface area (Å²) in [6.45, 7) is -0.748. The molecule has 4 aliphatic heterocycles. The summed E-state index contributed by atoms with van der Waals surface area (Å²) >= 11 is 1.49. The summed E-state index contributed by atoms with van der Waals surface area (Å²) in [5.74, 6) is 2.74. The molecule has 27 rings (SSSR count). The SMILES string of the molecule is [2H]c1c([2H])c([2H])c2c(c1[2H])c1c([2H])c([2H])c([2H])c([2H])c1n2-c1ccc2c(c1)Sc1cc(-c3ccc4oc5ccccc5c4c3)cc3c1B2c1ccc(-n2c4c([2H])c([2H])c([2H])c([2H])c4c4c([2H])c([2H])c([2H])c([2H])c42)cc1N3c1c(-c2ccc3c(c2)C2(c4ccccc4O3)c3ccccc3-c3ccccc32)cccc1-c1ccc2c(c1)C1(c3ccccc3O2)c2ccccc2-c2ccccc21. The molecule has 118 heavy (non-hydrogen) atoms. The predicted octanol–water partition coefficient (Wildman–Crippen LogP) is 26.5. The molecule has 0 bridgehead atoms. The van der Waals surface area contributed by atoms with Gasteiger partial charge in [-0.15, -0.1) is 0 Å². The molecule has 6 nitrogen and oxygen atoms in total. The molecule has 0 amide bonds. The van der Waals surface area contributed by atoms with Gasteiger partial charge in [-0.05, 0) is 193 Å². The van der Waals surface area contributed by atoms with Gasteiger partial charge in [0.2, 0.25) is 6.71 Å². The largest absolute Gasteiger partial charge is 0.457 e. The third-order valence-electron chi connectivity index (χ3n) is 25.6. The molecule has 2 aliphatic carbocycles. The number of furan rings is 1. The number of para-hydroxylation sites is 8. The first-order valence-electron chi connectivity index (χ1n) is 47.4. The maximum Gasteiger partial charge on any atom is 0.249 e. The van der Waals surface area contributed by atoms with Gasteiger partial charge in [0.15, 0.2) is 0 Å². The van der Waals surface area contributed by atoms with Gasteiger partial charge < -0.3 is 27.9 Å². The number of benzene rings is 18. The van der Waals surface area contributed by atoms with Crippen LogP contribution in [0.3, 0.4) is 0 Å². The van der Waals surface area contributed by atoms with E-state index in [1.165, 1.54) is 16.3 Å². The molecule has 21 aromatic rings. The fraction of sp³-hybridized carbons (Fsp3) is 0.0182. The molecule has 0 fully saturated rings. The average molecular weight is 1530 g/mol. The Balaban J connectivity index is 0.800. The first-order chi connectivity index (χ1) is 65.1. The molecule has 3 aromatic heterocycles. The van der Waals surface area contributed by atoms with Gasteiger partial charge in [-0.25, -0.2) is 0 Å². The van der Waals surface area contributed by atoms with Crippen molar-refractivity contribution in [3.63, 3.8) is 0 Å². The minimum absolute atomic E-state index is 0.0417. The minimum Gasteiger partial charge on any atom is -0.457 e. The highest BCUT2D eigenvalue weighted by molar-refractivity contribution is 8.00. The summed E-state index contributed by atoms with van der Waals surface area (Å²) in [6.07, 6.45) is 0. The van der Waals surface area contributed by atoms with E-state index in [0.29, 0.717) is 55.8 Å². The Labute approximate surface area is 706 Å². The summed E-state index contributed by atoms with van der Waals surface area (Å²) in [4.78, 5) is 3.80. The average Bonchev–Trinajstić information content (AvgIpc) is 1.46. The van der Waals surface area contributed by atoms with Crippen LogP contribution in [0, 0.1) is 0 Å². The van der Waals surface area contributed by atoms with Gasteiger partial charge in [-0.2, -0.15) is 0 Å². The van der Waals surface area contributed by atoms with Crippen molar-refractivity contribution < 1.29 is 35.8 Å². The molecule has 0 atom stereocenters. The highest BCUT2D eigenvalue weighted by Crippen LogP contribution is 2.66. The highest BCUT2D eigenvalue weighted by atomic mass is 32.2. The molecular weight excluding hydrogens is 1450 g/mol. The number of nitrogens with zero attached hydrogens (tertiary/aromatic N) is 3. The zero-order chi connectivity index (χ0) is 90.7. The van der Waals surface area contributed by atoms with Crippen LogP contribution in [0.1, 0.15) is 66.4 Å². The molecule has 2 spiro atoms. The predicted molar refractivity (Wildman–Crippen MR) is 483 cm³/mol. The maximum absolute atomic E-state index is 10.1. The van der Waals surface area contributed by atoms with E-state index in [1.54, 1.807) is 4.57 Å². The van der Waals surface area contributed by atoms with Gasteiger partial charge in [-0.1, -0.05) is 290 Å². The quantitative estimate of drug-likeness (QED) is 0.155. The fourth-order valence-electron chi connectivity index (χ4n) is 21.0. The van der Waals surface area contributed by atoms with Crippen molar-refractivity contribution in [2.75, 3.05) is 4.90 Å². The Morgan fingerprint density at radius 1 is 0.288 bits per heavy atom. The van der Waals surface area contributed by atoms with E-state index in [4.69, 9.17) is 16.6 Å². The molecule has 0 N–H and O–H groups in total. The monoisotopic (exact) mass is 1530 g/mol. The lowest BCUT2D eigenvalue weighted by atomic mass is 9.34. The normalized spacial score (nSPS) is 16.0. The Kier molecular flexibility index (Phi) is 10.4. The van der Waals surface area contributed by atoms with Crippen LogP contribution in [0.2, 0.25) is 0 Å². The minimum atomic E-state index is -0.941. The number of ether oxygens (including phenoxy) is 2. The van der Waals surface area contributed by atoms with E-state index in [2.05, 4.69) is 205 Å². The van der Waals surface area contributed by atoms with Gasteiger partial charge >= 0.3 is 0 Å². The van der Waals surface area contributed by atoms with Crippen LogP contribution < -0.4 is 30.8 Å². The number of anilines is 3. The number of fused-ring (bicyclic) bond motifs is 31. The van der Waals surface area contributed by atoms with Gasteiger partial charge in [0.05, 0.1) is 60.5 Å². The van der Waals surface area contributed by atoms with Crippen molar-refractivity contribution in [1.82, 2.24) is 9.13 Å². The molecule has 0 unspecified atom stereocenters. The van der Waals surface area contributed by atoms with E-state index >= 15 is 0 Å². The number of rotatable bonds is 6.